The summed E-state index contributed by atoms with van der Waals surface area (Å²) in [6.45, 7) is 4.93. The van der Waals surface area contributed by atoms with Gasteiger partial charge in [0.25, 0.3) is 5.69 Å². The lowest BCUT2D eigenvalue weighted by molar-refractivity contribution is -0.384. The number of nitro groups is 1. The molecule has 2 aromatic carbocycles. The van der Waals surface area contributed by atoms with Crippen molar-refractivity contribution >= 4 is 33.2 Å². The Morgan fingerprint density at radius 1 is 1.11 bits per heavy atom. The van der Waals surface area contributed by atoms with Crippen molar-refractivity contribution in [1.29, 1.82) is 0 Å². The minimum Gasteiger partial charge on any atom is -0.495 e. The van der Waals surface area contributed by atoms with E-state index in [-0.39, 0.29) is 35.6 Å². The Kier molecular flexibility index (Phi) is 10.4. The van der Waals surface area contributed by atoms with E-state index in [2.05, 4.69) is 5.32 Å². The number of amides is 2. The number of methoxy groups -OCH3 is 1. The maximum Gasteiger partial charge on any atom is 0.271 e. The molecule has 0 fully saturated rings. The second kappa shape index (κ2) is 13.0. The number of anilines is 1. The zero-order chi connectivity index (χ0) is 27.8. The molecule has 0 aliphatic rings. The first-order chi connectivity index (χ1) is 17.4. The Bertz CT molecular complexity index is 1200. The number of nitrogens with one attached hydrogen (secondary N) is 1. The molecular weight excluding hydrogens is 500 g/mol. The van der Waals surface area contributed by atoms with Crippen LogP contribution in [0.5, 0.6) is 5.75 Å². The molecule has 0 bridgehead atoms. The highest BCUT2D eigenvalue weighted by Crippen LogP contribution is 2.34. The second-order valence-electron chi connectivity index (χ2n) is 8.63. The van der Waals surface area contributed by atoms with E-state index in [1.807, 2.05) is 19.9 Å². The largest absolute Gasteiger partial charge is 0.495 e. The van der Waals surface area contributed by atoms with Crippen LogP contribution in [0.15, 0.2) is 48.5 Å². The molecule has 1 N–H and O–H groups in total. The Labute approximate surface area is 217 Å². The van der Waals surface area contributed by atoms with Crippen molar-refractivity contribution in [3.8, 4) is 5.75 Å². The van der Waals surface area contributed by atoms with E-state index in [9.17, 15) is 28.1 Å². The Morgan fingerprint density at radius 2 is 1.76 bits per heavy atom. The van der Waals surface area contributed by atoms with Crippen LogP contribution in [0.1, 0.15) is 39.2 Å². The van der Waals surface area contributed by atoms with Crippen LogP contribution in [-0.4, -0.2) is 62.0 Å². The van der Waals surface area contributed by atoms with Crippen molar-refractivity contribution in [2.45, 2.75) is 52.2 Å². The van der Waals surface area contributed by atoms with Gasteiger partial charge in [-0.15, -0.1) is 0 Å². The quantitative estimate of drug-likeness (QED) is 0.308. The molecule has 37 heavy (non-hydrogen) atoms. The number of hydrogen-bond acceptors (Lipinski definition) is 7. The molecule has 0 aromatic heterocycles. The summed E-state index contributed by atoms with van der Waals surface area (Å²) < 4.78 is 31.6. The highest BCUT2D eigenvalue weighted by Gasteiger charge is 2.33. The van der Waals surface area contributed by atoms with Gasteiger partial charge in [-0.1, -0.05) is 44.2 Å². The Morgan fingerprint density at radius 3 is 2.27 bits per heavy atom. The van der Waals surface area contributed by atoms with Crippen LogP contribution in [0, 0.1) is 10.1 Å². The molecule has 0 unspecified atom stereocenters. The number of nitro benzene ring substituents is 1. The van der Waals surface area contributed by atoms with Gasteiger partial charge < -0.3 is 15.0 Å². The molecule has 2 aromatic rings. The van der Waals surface area contributed by atoms with Crippen molar-refractivity contribution in [1.82, 2.24) is 10.2 Å². The topological polar surface area (TPSA) is 139 Å². The van der Waals surface area contributed by atoms with Gasteiger partial charge in [-0.05, 0) is 31.4 Å². The van der Waals surface area contributed by atoms with Crippen LogP contribution in [-0.2, 0) is 26.2 Å². The average molecular weight is 535 g/mol. The van der Waals surface area contributed by atoms with Gasteiger partial charge in [-0.2, -0.15) is 0 Å². The average Bonchev–Trinajstić information content (AvgIpc) is 2.86. The number of non-ortho nitro benzene ring substituents is 1. The van der Waals surface area contributed by atoms with E-state index in [1.165, 1.54) is 24.1 Å². The zero-order valence-corrected chi connectivity index (χ0v) is 22.5. The molecule has 2 amide bonds. The summed E-state index contributed by atoms with van der Waals surface area (Å²) in [5, 5.41) is 14.2. The smallest absolute Gasteiger partial charge is 0.271 e. The van der Waals surface area contributed by atoms with Gasteiger partial charge in [0.2, 0.25) is 21.8 Å². The second-order valence-corrected chi connectivity index (χ2v) is 10.5. The zero-order valence-electron chi connectivity index (χ0n) is 21.7. The minimum absolute atomic E-state index is 0.0417. The molecule has 0 radical (unpaired) electrons. The normalized spacial score (nSPS) is 12.8. The fraction of sp³-hybridized carbons (Fsp3) is 0.440. The maximum absolute atomic E-state index is 13.7. The molecule has 11 nitrogen and oxygen atoms in total. The molecule has 12 heteroatoms. The number of ether oxygens (including phenoxy) is 1. The highest BCUT2D eigenvalue weighted by atomic mass is 32.2. The Balaban J connectivity index is 2.54. The van der Waals surface area contributed by atoms with Crippen molar-refractivity contribution in [3.63, 3.8) is 0 Å². The monoisotopic (exact) mass is 534 g/mol. The van der Waals surface area contributed by atoms with Gasteiger partial charge in [0.05, 0.1) is 18.3 Å². The van der Waals surface area contributed by atoms with E-state index in [0.717, 1.165) is 22.2 Å². The number of carbonyl (C=O) groups is 2. The molecular formula is C25H34N4O7S. The fourth-order valence-electron chi connectivity index (χ4n) is 3.72. The fourth-order valence-corrected chi connectivity index (χ4v) is 4.57. The van der Waals surface area contributed by atoms with Gasteiger partial charge >= 0.3 is 0 Å². The van der Waals surface area contributed by atoms with Crippen LogP contribution in [0.25, 0.3) is 0 Å². The van der Waals surface area contributed by atoms with Crippen molar-refractivity contribution in [2.75, 3.05) is 24.2 Å². The molecule has 2 atom stereocenters. The summed E-state index contributed by atoms with van der Waals surface area (Å²) in [6.07, 6.45) is 1.89. The molecule has 2 rings (SSSR count). The third-order valence-corrected chi connectivity index (χ3v) is 7.03. The van der Waals surface area contributed by atoms with Crippen molar-refractivity contribution < 1.29 is 27.7 Å². The summed E-state index contributed by atoms with van der Waals surface area (Å²) >= 11 is 0. The summed E-state index contributed by atoms with van der Waals surface area (Å²) in [7, 11) is -2.79. The molecule has 0 spiro atoms. The van der Waals surface area contributed by atoms with Crippen LogP contribution < -0.4 is 14.4 Å². The number of benzene rings is 2. The summed E-state index contributed by atoms with van der Waals surface area (Å²) in [5.41, 5.74) is 0.242. The molecule has 0 aliphatic carbocycles. The lowest BCUT2D eigenvalue weighted by Crippen LogP contribution is -2.53. The van der Waals surface area contributed by atoms with Gasteiger partial charge in [0.15, 0.2) is 0 Å². The van der Waals surface area contributed by atoms with Gasteiger partial charge in [0, 0.05) is 24.7 Å². The van der Waals surface area contributed by atoms with Crippen molar-refractivity contribution in [3.05, 3.63) is 64.2 Å². The van der Waals surface area contributed by atoms with E-state index < -0.39 is 33.4 Å². The standard InChI is InChI=1S/C25H34N4O7S/c1-6-18(3)26-25(31)21(7-2)27(16-19-11-9-8-10-12-19)24(30)17-28(37(5,34)35)22-15-20(29(32)33)13-14-23(22)36-4/h8-15,18,21H,6-7,16-17H2,1-5H3,(H,26,31)/t18-,21+/m1/s1. The molecule has 202 valence electrons. The predicted molar refractivity (Wildman–Crippen MR) is 141 cm³/mol. The first-order valence-corrected chi connectivity index (χ1v) is 13.7. The summed E-state index contributed by atoms with van der Waals surface area (Å²) in [4.78, 5) is 38.9. The number of nitrogens with zero attached hydrogens (tertiary/aromatic N) is 3. The van der Waals surface area contributed by atoms with Crippen molar-refractivity contribution in [2.24, 2.45) is 0 Å². The molecule has 0 saturated heterocycles. The van der Waals surface area contributed by atoms with Gasteiger partial charge in [-0.3, -0.25) is 24.0 Å². The van der Waals surface area contributed by atoms with Crippen LogP contribution >= 0.6 is 0 Å². The maximum atomic E-state index is 13.7. The number of carbonyl (C=O) groups excluding carboxylic acids is 2. The van der Waals surface area contributed by atoms with Crippen LogP contribution in [0.3, 0.4) is 0 Å². The minimum atomic E-state index is -4.09. The Hall–Kier alpha value is -3.67. The first kappa shape index (κ1) is 29.6. The lowest BCUT2D eigenvalue weighted by Gasteiger charge is -2.33. The van der Waals surface area contributed by atoms with Crippen LogP contribution in [0.2, 0.25) is 0 Å². The summed E-state index contributed by atoms with van der Waals surface area (Å²) in [5.74, 6) is -0.950. The van der Waals surface area contributed by atoms with E-state index in [1.54, 1.807) is 31.2 Å². The summed E-state index contributed by atoms with van der Waals surface area (Å²) in [6, 6.07) is 11.5. The van der Waals surface area contributed by atoms with Gasteiger partial charge in [0.1, 0.15) is 24.0 Å². The van der Waals surface area contributed by atoms with Gasteiger partial charge in [-0.25, -0.2) is 8.42 Å². The highest BCUT2D eigenvalue weighted by molar-refractivity contribution is 7.92. The number of rotatable bonds is 13. The lowest BCUT2D eigenvalue weighted by atomic mass is 10.1. The third kappa shape index (κ3) is 7.91. The predicted octanol–water partition coefficient (Wildman–Crippen LogP) is 3.09. The van der Waals surface area contributed by atoms with E-state index >= 15 is 0 Å². The van der Waals surface area contributed by atoms with E-state index in [0.29, 0.717) is 12.8 Å². The molecule has 0 aliphatic heterocycles. The first-order valence-electron chi connectivity index (χ1n) is 11.9. The SMILES string of the molecule is CC[C@@H](C)NC(=O)[C@H](CC)N(Cc1ccccc1)C(=O)CN(c1cc([N+](=O)[O-])ccc1OC)S(C)(=O)=O. The molecule has 0 heterocycles. The number of sulfonamides is 1. The van der Waals surface area contributed by atoms with Crippen LogP contribution in [0.4, 0.5) is 11.4 Å². The third-order valence-electron chi connectivity index (χ3n) is 5.90. The number of hydrogen-bond donors (Lipinski definition) is 1. The van der Waals surface area contributed by atoms with E-state index in [4.69, 9.17) is 4.74 Å². The molecule has 0 saturated carbocycles.